The van der Waals surface area contributed by atoms with Crippen LogP contribution in [0.15, 0.2) is 24.3 Å². The first-order valence-corrected chi connectivity index (χ1v) is 7.83. The molecule has 0 saturated carbocycles. The van der Waals surface area contributed by atoms with Crippen molar-refractivity contribution in [3.05, 3.63) is 35.4 Å². The Balaban J connectivity index is 1.98. The number of hydrogen-bond acceptors (Lipinski definition) is 4. The molecule has 1 aromatic carbocycles. The lowest BCUT2D eigenvalue weighted by molar-refractivity contribution is -0.129. The van der Waals surface area contributed by atoms with Crippen LogP contribution in [0.5, 0.6) is 0 Å². The monoisotopic (exact) mass is 320 g/mol. The van der Waals surface area contributed by atoms with Crippen LogP contribution < -0.4 is 5.32 Å². The van der Waals surface area contributed by atoms with Gasteiger partial charge in [-0.1, -0.05) is 38.1 Å². The first-order chi connectivity index (χ1) is 10.9. The van der Waals surface area contributed by atoms with Crippen molar-refractivity contribution in [1.82, 2.24) is 10.2 Å². The molecule has 2 atom stereocenters. The van der Waals surface area contributed by atoms with Gasteiger partial charge in [-0.2, -0.15) is 0 Å². The highest BCUT2D eigenvalue weighted by molar-refractivity contribution is 6.04. The Bertz CT molecular complexity index is 573. The minimum Gasteiger partial charge on any atom is -0.389 e. The smallest absolute Gasteiger partial charge is 0.325 e. The van der Waals surface area contributed by atoms with Crippen molar-refractivity contribution in [2.45, 2.75) is 32.9 Å². The van der Waals surface area contributed by atoms with Crippen molar-refractivity contribution >= 4 is 11.9 Å². The average molecular weight is 320 g/mol. The predicted octanol–water partition coefficient (Wildman–Crippen LogP) is 1.62. The molecule has 1 aliphatic heterocycles. The minimum absolute atomic E-state index is 0.0643. The van der Waals surface area contributed by atoms with E-state index in [1.54, 1.807) is 0 Å². The number of carbonyl (C=O) groups is 2. The third-order valence-electron chi connectivity index (χ3n) is 3.68. The molecule has 1 saturated heterocycles. The Morgan fingerprint density at radius 1 is 1.26 bits per heavy atom. The van der Waals surface area contributed by atoms with E-state index in [1.165, 1.54) is 0 Å². The van der Waals surface area contributed by atoms with Crippen molar-refractivity contribution in [1.29, 1.82) is 0 Å². The van der Waals surface area contributed by atoms with Crippen LogP contribution in [-0.2, 0) is 9.53 Å². The summed E-state index contributed by atoms with van der Waals surface area (Å²) in [6, 6.07) is 6.27. The Kier molecular flexibility index (Phi) is 5.74. The number of hydrogen-bond donors (Lipinski definition) is 2. The van der Waals surface area contributed by atoms with Crippen LogP contribution in [0.2, 0.25) is 0 Å². The zero-order valence-electron chi connectivity index (χ0n) is 13.8. The second-order valence-corrected chi connectivity index (χ2v) is 6.27. The van der Waals surface area contributed by atoms with Crippen molar-refractivity contribution < 1.29 is 19.4 Å². The van der Waals surface area contributed by atoms with Crippen molar-refractivity contribution in [3.8, 4) is 0 Å². The van der Waals surface area contributed by atoms with Gasteiger partial charge in [-0.15, -0.1) is 0 Å². The van der Waals surface area contributed by atoms with E-state index >= 15 is 0 Å². The lowest BCUT2D eigenvalue weighted by atomic mass is 10.0. The summed E-state index contributed by atoms with van der Waals surface area (Å²) in [6.07, 6.45) is -0.890. The van der Waals surface area contributed by atoms with Crippen LogP contribution in [0.3, 0.4) is 0 Å². The van der Waals surface area contributed by atoms with Gasteiger partial charge in [0.15, 0.2) is 0 Å². The Morgan fingerprint density at radius 3 is 2.61 bits per heavy atom. The van der Waals surface area contributed by atoms with E-state index in [2.05, 4.69) is 5.32 Å². The minimum atomic E-state index is -0.890. The number of rotatable bonds is 7. The van der Waals surface area contributed by atoms with Crippen LogP contribution in [-0.4, -0.2) is 47.8 Å². The number of amides is 3. The predicted molar refractivity (Wildman–Crippen MR) is 85.8 cm³/mol. The van der Waals surface area contributed by atoms with Gasteiger partial charge in [0.05, 0.1) is 19.3 Å². The summed E-state index contributed by atoms with van der Waals surface area (Å²) in [5.74, 6) is 0.0246. The molecular formula is C17H24N2O4. The molecule has 6 nitrogen and oxygen atoms in total. The molecule has 1 aliphatic rings. The maximum absolute atomic E-state index is 12.5. The van der Waals surface area contributed by atoms with Crippen molar-refractivity contribution in [3.63, 3.8) is 0 Å². The molecule has 1 fully saturated rings. The molecule has 3 amide bonds. The molecule has 2 rings (SSSR count). The summed E-state index contributed by atoms with van der Waals surface area (Å²) < 4.78 is 5.35. The number of benzene rings is 1. The van der Waals surface area contributed by atoms with Crippen LogP contribution in [0, 0.1) is 12.8 Å². The average Bonchev–Trinajstić information content (AvgIpc) is 2.75. The summed E-state index contributed by atoms with van der Waals surface area (Å²) in [7, 11) is 0. The van der Waals surface area contributed by atoms with Crippen LogP contribution in [0.1, 0.15) is 31.0 Å². The maximum Gasteiger partial charge on any atom is 0.325 e. The second kappa shape index (κ2) is 7.57. The third kappa shape index (κ3) is 4.30. The van der Waals surface area contributed by atoms with Gasteiger partial charge in [0.1, 0.15) is 6.04 Å². The molecular weight excluding hydrogens is 296 g/mol. The molecule has 1 aromatic rings. The fraction of sp³-hybridized carbons (Fsp3) is 0.529. The Morgan fingerprint density at radius 2 is 1.96 bits per heavy atom. The maximum atomic E-state index is 12.5. The number of nitrogens with one attached hydrogen (secondary N) is 1. The molecule has 0 spiro atoms. The summed E-state index contributed by atoms with van der Waals surface area (Å²) in [4.78, 5) is 25.6. The SMILES string of the molecule is Cc1ccccc1C1NC(=O)N(CC(O)COCC(C)C)C1=O. The van der Waals surface area contributed by atoms with E-state index < -0.39 is 18.2 Å². The molecule has 0 aliphatic carbocycles. The standard InChI is InChI=1S/C17H24N2O4/c1-11(2)9-23-10-13(20)8-19-16(21)15(18-17(19)22)14-7-5-4-6-12(14)3/h4-7,11,13,15,20H,8-10H2,1-3H3,(H,18,22). The number of carbonyl (C=O) groups excluding carboxylic acids is 2. The molecule has 2 N–H and O–H groups in total. The van der Waals surface area contributed by atoms with E-state index in [-0.39, 0.29) is 19.1 Å². The summed E-state index contributed by atoms with van der Waals surface area (Å²) in [6.45, 7) is 6.48. The van der Waals surface area contributed by atoms with Gasteiger partial charge in [0, 0.05) is 6.61 Å². The van der Waals surface area contributed by atoms with Gasteiger partial charge in [-0.05, 0) is 24.0 Å². The lowest BCUT2D eigenvalue weighted by Crippen LogP contribution is -2.39. The molecule has 0 aromatic heterocycles. The van der Waals surface area contributed by atoms with E-state index in [9.17, 15) is 14.7 Å². The van der Waals surface area contributed by atoms with Crippen LogP contribution >= 0.6 is 0 Å². The van der Waals surface area contributed by atoms with E-state index in [0.29, 0.717) is 12.5 Å². The number of aryl methyl sites for hydroxylation is 1. The molecule has 1 heterocycles. The first-order valence-electron chi connectivity index (χ1n) is 7.83. The van der Waals surface area contributed by atoms with Crippen molar-refractivity contribution in [2.75, 3.05) is 19.8 Å². The van der Waals surface area contributed by atoms with Crippen LogP contribution in [0.25, 0.3) is 0 Å². The normalized spacial score (nSPS) is 19.3. The van der Waals surface area contributed by atoms with Gasteiger partial charge < -0.3 is 15.2 Å². The summed E-state index contributed by atoms with van der Waals surface area (Å²) in [5.41, 5.74) is 1.72. The van der Waals surface area contributed by atoms with Crippen LogP contribution in [0.4, 0.5) is 4.79 Å². The van der Waals surface area contributed by atoms with E-state index in [4.69, 9.17) is 4.74 Å². The fourth-order valence-electron chi connectivity index (χ4n) is 2.52. The number of β-amino-alcohol motifs (C(OH)–C–C–N with tert-alkyl or cyclic N) is 1. The molecule has 0 radical (unpaired) electrons. The Hall–Kier alpha value is -1.92. The zero-order valence-corrected chi connectivity index (χ0v) is 13.8. The highest BCUT2D eigenvalue weighted by Crippen LogP contribution is 2.24. The fourth-order valence-corrected chi connectivity index (χ4v) is 2.52. The number of imide groups is 1. The molecule has 2 unspecified atom stereocenters. The highest BCUT2D eigenvalue weighted by Gasteiger charge is 2.40. The summed E-state index contributed by atoms with van der Waals surface area (Å²) in [5, 5.41) is 12.6. The highest BCUT2D eigenvalue weighted by atomic mass is 16.5. The van der Waals surface area contributed by atoms with Gasteiger partial charge in [0.25, 0.3) is 5.91 Å². The lowest BCUT2D eigenvalue weighted by Gasteiger charge is -2.18. The molecule has 0 bridgehead atoms. The number of ether oxygens (including phenoxy) is 1. The third-order valence-corrected chi connectivity index (χ3v) is 3.68. The molecule has 6 heteroatoms. The number of aliphatic hydroxyl groups excluding tert-OH is 1. The quantitative estimate of drug-likeness (QED) is 0.748. The zero-order chi connectivity index (χ0) is 17.0. The number of aliphatic hydroxyl groups is 1. The second-order valence-electron chi connectivity index (χ2n) is 6.27. The van der Waals surface area contributed by atoms with Gasteiger partial charge in [-0.3, -0.25) is 9.69 Å². The number of urea groups is 1. The topological polar surface area (TPSA) is 78.9 Å². The van der Waals surface area contributed by atoms with Gasteiger partial charge in [-0.25, -0.2) is 4.79 Å². The van der Waals surface area contributed by atoms with E-state index in [0.717, 1.165) is 16.0 Å². The first kappa shape index (κ1) is 17.4. The summed E-state index contributed by atoms with van der Waals surface area (Å²) >= 11 is 0. The van der Waals surface area contributed by atoms with Gasteiger partial charge >= 0.3 is 6.03 Å². The molecule has 126 valence electrons. The number of nitrogens with zero attached hydrogens (tertiary/aromatic N) is 1. The van der Waals surface area contributed by atoms with Crippen molar-refractivity contribution in [2.24, 2.45) is 5.92 Å². The largest absolute Gasteiger partial charge is 0.389 e. The van der Waals surface area contributed by atoms with Gasteiger partial charge in [0.2, 0.25) is 0 Å². The van der Waals surface area contributed by atoms with E-state index in [1.807, 2.05) is 45.0 Å². The Labute approximate surface area is 136 Å². The molecule has 23 heavy (non-hydrogen) atoms.